The Hall–Kier alpha value is -1.14. The summed E-state index contributed by atoms with van der Waals surface area (Å²) in [4.78, 5) is 16.5. The molecule has 1 fully saturated rings. The van der Waals surface area contributed by atoms with Gasteiger partial charge < -0.3 is 10.5 Å². The van der Waals surface area contributed by atoms with Crippen LogP contribution in [0, 0.1) is 5.92 Å². The molecule has 1 aromatic rings. The van der Waals surface area contributed by atoms with Gasteiger partial charge in [-0.15, -0.1) is 11.3 Å². The lowest BCUT2D eigenvalue weighted by Crippen LogP contribution is -2.38. The molecule has 1 aliphatic carbocycles. The summed E-state index contributed by atoms with van der Waals surface area (Å²) < 4.78 is 4.77. The summed E-state index contributed by atoms with van der Waals surface area (Å²) in [5.74, 6) is 0.248. The van der Waals surface area contributed by atoms with Crippen molar-refractivity contribution in [3.8, 4) is 0 Å². The minimum atomic E-state index is -0.187. The number of nitrogens with zero attached hydrogens (tertiary/aromatic N) is 1. The van der Waals surface area contributed by atoms with E-state index in [1.807, 2.05) is 0 Å². The van der Waals surface area contributed by atoms with Gasteiger partial charge in [-0.3, -0.25) is 10.1 Å². The molecule has 0 aromatic carbocycles. The van der Waals surface area contributed by atoms with E-state index in [-0.39, 0.29) is 12.0 Å². The van der Waals surface area contributed by atoms with Gasteiger partial charge in [0.2, 0.25) is 0 Å². The zero-order valence-electron chi connectivity index (χ0n) is 9.10. The first-order valence-corrected chi connectivity index (χ1v) is 6.03. The molecule has 1 aliphatic rings. The van der Waals surface area contributed by atoms with Crippen LogP contribution in [-0.2, 0) is 16.1 Å². The molecule has 1 atom stereocenters. The number of carbonyl (C=O) groups excluding carboxylic acids is 1. The number of anilines is 1. The van der Waals surface area contributed by atoms with Crippen molar-refractivity contribution in [3.63, 3.8) is 0 Å². The van der Waals surface area contributed by atoms with Gasteiger partial charge in [0.25, 0.3) is 0 Å². The fourth-order valence-corrected chi connectivity index (χ4v) is 2.25. The third-order valence-electron chi connectivity index (χ3n) is 2.62. The Bertz CT molecular complexity index is 376. The fraction of sp³-hybridized carbons (Fsp3) is 0.600. The maximum Gasteiger partial charge on any atom is 0.323 e. The van der Waals surface area contributed by atoms with Crippen LogP contribution in [-0.4, -0.2) is 24.1 Å². The number of nitrogen functional groups attached to an aromatic ring is 1. The van der Waals surface area contributed by atoms with E-state index in [4.69, 9.17) is 10.5 Å². The number of esters is 1. The molecule has 16 heavy (non-hydrogen) atoms. The predicted molar refractivity (Wildman–Crippen MR) is 61.9 cm³/mol. The minimum Gasteiger partial charge on any atom is -0.468 e. The second-order valence-electron chi connectivity index (χ2n) is 3.88. The highest BCUT2D eigenvalue weighted by molar-refractivity contribution is 7.15. The van der Waals surface area contributed by atoms with Crippen molar-refractivity contribution in [1.29, 1.82) is 0 Å². The number of nitrogens with two attached hydrogens (primary N) is 1. The van der Waals surface area contributed by atoms with E-state index < -0.39 is 0 Å². The quantitative estimate of drug-likeness (QED) is 0.744. The molecular formula is C10H15N3O2S. The van der Waals surface area contributed by atoms with Crippen LogP contribution < -0.4 is 11.1 Å². The van der Waals surface area contributed by atoms with Crippen molar-refractivity contribution in [3.05, 3.63) is 11.1 Å². The van der Waals surface area contributed by atoms with Gasteiger partial charge in [-0.2, -0.15) is 0 Å². The first-order chi connectivity index (χ1) is 7.70. The minimum absolute atomic E-state index is 0.181. The van der Waals surface area contributed by atoms with Gasteiger partial charge in [0, 0.05) is 17.6 Å². The average molecular weight is 241 g/mol. The molecule has 2 rings (SSSR count). The van der Waals surface area contributed by atoms with Crippen LogP contribution in [0.15, 0.2) is 6.20 Å². The Morgan fingerprint density at radius 2 is 2.56 bits per heavy atom. The maximum atomic E-state index is 11.5. The van der Waals surface area contributed by atoms with Crippen molar-refractivity contribution in [2.45, 2.75) is 25.4 Å². The van der Waals surface area contributed by atoms with Crippen molar-refractivity contribution >= 4 is 22.4 Å². The number of hydrogen-bond donors (Lipinski definition) is 2. The number of thiazole rings is 1. The normalized spacial score (nSPS) is 17.1. The molecule has 6 heteroatoms. The fourth-order valence-electron chi connectivity index (χ4n) is 1.61. The Labute approximate surface area is 98.0 Å². The highest BCUT2D eigenvalue weighted by atomic mass is 32.1. The highest BCUT2D eigenvalue weighted by Gasteiger charge is 2.36. The van der Waals surface area contributed by atoms with E-state index in [2.05, 4.69) is 10.3 Å². The second-order valence-corrected chi connectivity index (χ2v) is 5.03. The molecule has 5 nitrogen and oxygen atoms in total. The second kappa shape index (κ2) is 4.80. The molecule has 0 aliphatic heterocycles. The monoisotopic (exact) mass is 241 g/mol. The number of aromatic nitrogens is 1. The van der Waals surface area contributed by atoms with Crippen LogP contribution in [0.4, 0.5) is 5.13 Å². The Balaban J connectivity index is 1.88. The highest BCUT2D eigenvalue weighted by Crippen LogP contribution is 2.33. The molecule has 0 saturated heterocycles. The third-order valence-corrected chi connectivity index (χ3v) is 3.44. The zero-order chi connectivity index (χ0) is 11.5. The standard InChI is InChI=1S/C10H15N3O2S/c1-15-9(14)8(6-2-3-6)12-4-7-5-13-10(11)16-7/h5-6,8,12H,2-4H2,1H3,(H2,11,13). The van der Waals surface area contributed by atoms with Gasteiger partial charge >= 0.3 is 5.97 Å². The number of nitrogens with one attached hydrogen (secondary N) is 1. The Morgan fingerprint density at radius 1 is 1.81 bits per heavy atom. The third kappa shape index (κ3) is 2.70. The maximum absolute atomic E-state index is 11.5. The molecule has 0 amide bonds. The van der Waals surface area contributed by atoms with Crippen LogP contribution >= 0.6 is 11.3 Å². The number of ether oxygens (including phenoxy) is 1. The number of hydrogen-bond acceptors (Lipinski definition) is 6. The van der Waals surface area contributed by atoms with E-state index in [1.54, 1.807) is 6.20 Å². The van der Waals surface area contributed by atoms with E-state index in [9.17, 15) is 4.79 Å². The molecular weight excluding hydrogens is 226 g/mol. The molecule has 0 radical (unpaired) electrons. The van der Waals surface area contributed by atoms with E-state index in [0.717, 1.165) is 17.7 Å². The van der Waals surface area contributed by atoms with Crippen LogP contribution in [0.2, 0.25) is 0 Å². The summed E-state index contributed by atoms with van der Waals surface area (Å²) in [5, 5.41) is 3.76. The summed E-state index contributed by atoms with van der Waals surface area (Å²) in [5.41, 5.74) is 5.53. The van der Waals surface area contributed by atoms with Gasteiger partial charge in [-0.1, -0.05) is 0 Å². The summed E-state index contributed by atoms with van der Waals surface area (Å²) in [6, 6.07) is -0.187. The first kappa shape index (κ1) is 11.3. The van der Waals surface area contributed by atoms with Crippen LogP contribution in [0.1, 0.15) is 17.7 Å². The van der Waals surface area contributed by atoms with Crippen LogP contribution in [0.25, 0.3) is 0 Å². The molecule has 1 heterocycles. The smallest absolute Gasteiger partial charge is 0.323 e. The average Bonchev–Trinajstić information content (AvgIpc) is 3.02. The van der Waals surface area contributed by atoms with Crippen LogP contribution in [0.3, 0.4) is 0 Å². The number of methoxy groups -OCH3 is 1. The lowest BCUT2D eigenvalue weighted by Gasteiger charge is -2.14. The summed E-state index contributed by atoms with van der Waals surface area (Å²) in [7, 11) is 1.42. The van der Waals surface area contributed by atoms with E-state index in [1.165, 1.54) is 18.4 Å². The summed E-state index contributed by atoms with van der Waals surface area (Å²) in [6.07, 6.45) is 3.92. The topological polar surface area (TPSA) is 77.2 Å². The van der Waals surface area contributed by atoms with Crippen molar-refractivity contribution < 1.29 is 9.53 Å². The first-order valence-electron chi connectivity index (χ1n) is 5.22. The summed E-state index contributed by atoms with van der Waals surface area (Å²) >= 11 is 1.43. The van der Waals surface area contributed by atoms with Crippen molar-refractivity contribution in [1.82, 2.24) is 10.3 Å². The predicted octanol–water partition coefficient (Wildman–Crippen LogP) is 0.766. The molecule has 3 N–H and O–H groups in total. The molecule has 0 bridgehead atoms. The lowest BCUT2D eigenvalue weighted by molar-refractivity contribution is -0.143. The summed E-state index contributed by atoms with van der Waals surface area (Å²) in [6.45, 7) is 0.616. The van der Waals surface area contributed by atoms with Gasteiger partial charge in [0.1, 0.15) is 6.04 Å². The lowest BCUT2D eigenvalue weighted by atomic mass is 10.2. The molecule has 1 aromatic heterocycles. The molecule has 1 saturated carbocycles. The van der Waals surface area contributed by atoms with Crippen molar-refractivity contribution in [2.24, 2.45) is 5.92 Å². The van der Waals surface area contributed by atoms with Gasteiger partial charge in [-0.05, 0) is 18.8 Å². The number of rotatable bonds is 5. The van der Waals surface area contributed by atoms with Gasteiger partial charge in [0.15, 0.2) is 5.13 Å². The van der Waals surface area contributed by atoms with E-state index in [0.29, 0.717) is 17.6 Å². The van der Waals surface area contributed by atoms with E-state index >= 15 is 0 Å². The Kier molecular flexibility index (Phi) is 3.40. The SMILES string of the molecule is COC(=O)C(NCc1cnc(N)s1)C1CC1. The Morgan fingerprint density at radius 3 is 3.06 bits per heavy atom. The zero-order valence-corrected chi connectivity index (χ0v) is 9.92. The largest absolute Gasteiger partial charge is 0.468 e. The van der Waals surface area contributed by atoms with Gasteiger partial charge in [-0.25, -0.2) is 4.98 Å². The number of carbonyl (C=O) groups is 1. The van der Waals surface area contributed by atoms with Gasteiger partial charge in [0.05, 0.1) is 7.11 Å². The molecule has 88 valence electrons. The molecule has 1 unspecified atom stereocenters. The van der Waals surface area contributed by atoms with Crippen LogP contribution in [0.5, 0.6) is 0 Å². The van der Waals surface area contributed by atoms with Crippen molar-refractivity contribution in [2.75, 3.05) is 12.8 Å². The molecule has 0 spiro atoms.